The average Bonchev–Trinajstić information content (AvgIpc) is 2.28. The zero-order chi connectivity index (χ0) is 13.3. The van der Waals surface area contributed by atoms with Gasteiger partial charge in [-0.15, -0.1) is 0 Å². The monoisotopic (exact) mass is 253 g/mol. The van der Waals surface area contributed by atoms with Gasteiger partial charge in [-0.2, -0.15) is 0 Å². The number of Topliss-reactive ketones (excluding diaryl/α,β-unsaturated/α-hetero) is 1. The van der Waals surface area contributed by atoms with Gasteiger partial charge in [0, 0.05) is 31.3 Å². The molecule has 0 radical (unpaired) electrons. The highest BCUT2D eigenvalue weighted by Gasteiger charge is 2.44. The molecule has 0 spiro atoms. The molecule has 1 heterocycles. The van der Waals surface area contributed by atoms with E-state index in [1.54, 1.807) is 4.90 Å². The number of likely N-dealkylation sites (tertiary alicyclic amines) is 1. The molecule has 5 nitrogen and oxygen atoms in total. The quantitative estimate of drug-likeness (QED) is 0.811. The average molecular weight is 253 g/mol. The van der Waals surface area contributed by atoms with Crippen LogP contribution in [0, 0.1) is 17.8 Å². The molecule has 2 atom stereocenters. The first-order valence-electron chi connectivity index (χ1n) is 6.57. The Bertz CT molecular complexity index is 361. The van der Waals surface area contributed by atoms with Gasteiger partial charge in [0.15, 0.2) is 0 Å². The van der Waals surface area contributed by atoms with Gasteiger partial charge in [-0.25, -0.2) is 0 Å². The molecule has 1 aliphatic carbocycles. The molecular weight excluding hydrogens is 234 g/mol. The van der Waals surface area contributed by atoms with Crippen LogP contribution in [0.4, 0.5) is 0 Å². The van der Waals surface area contributed by atoms with Crippen LogP contribution < -0.4 is 0 Å². The van der Waals surface area contributed by atoms with Gasteiger partial charge in [0.1, 0.15) is 5.78 Å². The van der Waals surface area contributed by atoms with Crippen LogP contribution in [0.15, 0.2) is 0 Å². The van der Waals surface area contributed by atoms with Gasteiger partial charge in [-0.05, 0) is 19.3 Å². The lowest BCUT2D eigenvalue weighted by atomic mass is 9.71. The van der Waals surface area contributed by atoms with Crippen molar-refractivity contribution >= 4 is 17.7 Å². The molecule has 2 aliphatic rings. The van der Waals surface area contributed by atoms with Crippen molar-refractivity contribution in [2.45, 2.75) is 32.6 Å². The molecule has 1 saturated heterocycles. The Labute approximate surface area is 106 Å². The van der Waals surface area contributed by atoms with Crippen molar-refractivity contribution in [1.82, 2.24) is 4.90 Å². The third kappa shape index (κ3) is 2.40. The fraction of sp³-hybridized carbons (Fsp3) is 0.769. The second-order valence-electron chi connectivity index (χ2n) is 5.35. The first kappa shape index (κ1) is 13.1. The maximum atomic E-state index is 12.0. The first-order valence-corrected chi connectivity index (χ1v) is 6.57. The van der Waals surface area contributed by atoms with E-state index in [2.05, 4.69) is 0 Å². The number of hydrogen-bond acceptors (Lipinski definition) is 3. The Morgan fingerprint density at radius 1 is 1.28 bits per heavy atom. The van der Waals surface area contributed by atoms with Gasteiger partial charge in [0.05, 0.1) is 5.92 Å². The van der Waals surface area contributed by atoms with Gasteiger partial charge in [0.2, 0.25) is 5.91 Å². The molecule has 2 rings (SSSR count). The van der Waals surface area contributed by atoms with E-state index >= 15 is 0 Å². The lowest BCUT2D eigenvalue weighted by Crippen LogP contribution is -2.53. The second kappa shape index (κ2) is 5.08. The maximum absolute atomic E-state index is 12.0. The molecular formula is C13H19NO4. The minimum absolute atomic E-state index is 0.0915. The minimum Gasteiger partial charge on any atom is -0.481 e. The molecule has 1 amide bonds. The van der Waals surface area contributed by atoms with Crippen molar-refractivity contribution in [2.24, 2.45) is 17.8 Å². The van der Waals surface area contributed by atoms with Crippen molar-refractivity contribution in [2.75, 3.05) is 13.1 Å². The van der Waals surface area contributed by atoms with Crippen molar-refractivity contribution in [1.29, 1.82) is 0 Å². The number of carboxylic acids is 1. The molecule has 1 N–H and O–H groups in total. The van der Waals surface area contributed by atoms with Crippen LogP contribution >= 0.6 is 0 Å². The summed E-state index contributed by atoms with van der Waals surface area (Å²) in [5, 5.41) is 9.05. The summed E-state index contributed by atoms with van der Waals surface area (Å²) in [5.74, 6) is -1.51. The van der Waals surface area contributed by atoms with Crippen molar-refractivity contribution < 1.29 is 19.5 Å². The number of carboxylic acid groups (broad SMARTS) is 1. The summed E-state index contributed by atoms with van der Waals surface area (Å²) in [6.07, 6.45) is 2.09. The highest BCUT2D eigenvalue weighted by atomic mass is 16.4. The molecule has 0 aromatic heterocycles. The molecule has 1 saturated carbocycles. The normalized spacial score (nSPS) is 31.3. The van der Waals surface area contributed by atoms with Crippen LogP contribution in [-0.4, -0.2) is 40.8 Å². The molecule has 5 heteroatoms. The zero-order valence-electron chi connectivity index (χ0n) is 10.6. The molecule has 0 aromatic rings. The summed E-state index contributed by atoms with van der Waals surface area (Å²) < 4.78 is 0. The number of fused-ring (bicyclic) bond motifs is 2. The Hall–Kier alpha value is -1.39. The molecule has 18 heavy (non-hydrogen) atoms. The number of ketones is 1. The number of carbonyl (C=O) groups excluding carboxylic acids is 2. The van der Waals surface area contributed by atoms with Crippen LogP contribution in [0.2, 0.25) is 0 Å². The molecule has 100 valence electrons. The van der Waals surface area contributed by atoms with Gasteiger partial charge < -0.3 is 10.0 Å². The van der Waals surface area contributed by atoms with E-state index in [9.17, 15) is 14.4 Å². The topological polar surface area (TPSA) is 74.7 Å². The van der Waals surface area contributed by atoms with Crippen LogP contribution in [0.3, 0.4) is 0 Å². The van der Waals surface area contributed by atoms with Gasteiger partial charge >= 0.3 is 5.97 Å². The summed E-state index contributed by atoms with van der Waals surface area (Å²) in [7, 11) is 0. The lowest BCUT2D eigenvalue weighted by molar-refractivity contribution is -0.151. The van der Waals surface area contributed by atoms with Crippen molar-refractivity contribution in [3.05, 3.63) is 0 Å². The van der Waals surface area contributed by atoms with Gasteiger partial charge in [-0.1, -0.05) is 6.92 Å². The number of nitrogens with zero attached hydrogens (tertiary/aromatic N) is 1. The lowest BCUT2D eigenvalue weighted by Gasteiger charge is -2.42. The Balaban J connectivity index is 2.06. The number of hydrogen-bond donors (Lipinski definition) is 1. The number of aliphatic carboxylic acids is 1. The highest BCUT2D eigenvalue weighted by Crippen LogP contribution is 2.35. The van der Waals surface area contributed by atoms with Crippen LogP contribution in [-0.2, 0) is 14.4 Å². The molecule has 1 aliphatic heterocycles. The van der Waals surface area contributed by atoms with E-state index in [0.717, 1.165) is 6.42 Å². The Morgan fingerprint density at radius 2 is 1.83 bits per heavy atom. The minimum atomic E-state index is -0.814. The van der Waals surface area contributed by atoms with E-state index in [-0.39, 0.29) is 23.5 Å². The zero-order valence-corrected chi connectivity index (χ0v) is 10.6. The smallest absolute Gasteiger partial charge is 0.306 e. The van der Waals surface area contributed by atoms with E-state index < -0.39 is 11.9 Å². The summed E-state index contributed by atoms with van der Waals surface area (Å²) in [6.45, 7) is 2.78. The molecule has 2 fully saturated rings. The number of piperidine rings is 1. The largest absolute Gasteiger partial charge is 0.481 e. The molecule has 2 bridgehead atoms. The van der Waals surface area contributed by atoms with E-state index in [1.165, 1.54) is 0 Å². The molecule has 0 aromatic carbocycles. The maximum Gasteiger partial charge on any atom is 0.306 e. The first-order chi connectivity index (χ1) is 8.52. The van der Waals surface area contributed by atoms with Crippen LogP contribution in [0.5, 0.6) is 0 Å². The number of rotatable bonds is 3. The SMILES string of the molecule is CCCC(=O)N1CC2CC(C(=O)O)CC(C1)C2=O. The van der Waals surface area contributed by atoms with Crippen molar-refractivity contribution in [3.8, 4) is 0 Å². The number of carbonyl (C=O) groups is 3. The van der Waals surface area contributed by atoms with E-state index in [1.807, 2.05) is 6.92 Å². The fourth-order valence-electron chi connectivity index (χ4n) is 3.06. The number of amides is 1. The Kier molecular flexibility index (Phi) is 3.68. The summed E-state index contributed by atoms with van der Waals surface area (Å²) in [5.41, 5.74) is 0. The van der Waals surface area contributed by atoms with Crippen LogP contribution in [0.25, 0.3) is 0 Å². The summed E-state index contributed by atoms with van der Waals surface area (Å²) >= 11 is 0. The predicted octanol–water partition coefficient (Wildman–Crippen LogP) is 0.925. The van der Waals surface area contributed by atoms with Crippen molar-refractivity contribution in [3.63, 3.8) is 0 Å². The third-order valence-corrected chi connectivity index (χ3v) is 3.99. The predicted molar refractivity (Wildman–Crippen MR) is 63.8 cm³/mol. The second-order valence-corrected chi connectivity index (χ2v) is 5.35. The third-order valence-electron chi connectivity index (χ3n) is 3.99. The van der Waals surface area contributed by atoms with E-state index in [0.29, 0.717) is 32.4 Å². The molecule has 2 unspecified atom stereocenters. The van der Waals surface area contributed by atoms with Gasteiger partial charge in [0.25, 0.3) is 0 Å². The summed E-state index contributed by atoms with van der Waals surface area (Å²) in [4.78, 5) is 36.6. The van der Waals surface area contributed by atoms with E-state index in [4.69, 9.17) is 5.11 Å². The standard InChI is InChI=1S/C13H19NO4/c1-2-3-11(15)14-6-9-4-8(13(17)18)5-10(7-14)12(9)16/h8-10H,2-7H2,1H3,(H,17,18). The highest BCUT2D eigenvalue weighted by molar-refractivity contribution is 5.89. The fourth-order valence-corrected chi connectivity index (χ4v) is 3.06. The summed E-state index contributed by atoms with van der Waals surface area (Å²) in [6, 6.07) is 0. The Morgan fingerprint density at radius 3 is 2.28 bits per heavy atom. The van der Waals surface area contributed by atoms with Gasteiger partial charge in [-0.3, -0.25) is 14.4 Å². The van der Waals surface area contributed by atoms with Crippen LogP contribution in [0.1, 0.15) is 32.6 Å².